The summed E-state index contributed by atoms with van der Waals surface area (Å²) in [5, 5.41) is 9.65. The first-order chi connectivity index (χ1) is 8.32. The minimum Gasteiger partial charge on any atom is -0.504 e. The van der Waals surface area contributed by atoms with Crippen molar-refractivity contribution in [3.8, 4) is 11.5 Å². The van der Waals surface area contributed by atoms with Gasteiger partial charge in [0.2, 0.25) is 0 Å². The van der Waals surface area contributed by atoms with Gasteiger partial charge in [-0.25, -0.2) is 4.79 Å². The van der Waals surface area contributed by atoms with Crippen LogP contribution in [0.5, 0.6) is 11.5 Å². The van der Waals surface area contributed by atoms with Crippen LogP contribution in [0.15, 0.2) is 18.2 Å². The number of carbonyl (C=O) groups is 1. The quantitative estimate of drug-likeness (QED) is 0.896. The molecule has 4 nitrogen and oxygen atoms in total. The standard InChI is InChI=1S/C14H21NO3/c1-9(2)15(10(3)4)14(17)18-13-8-11(5)6-7-12(13)16/h6-10,16H,1-5H3. The molecule has 0 heterocycles. The third-order valence-electron chi connectivity index (χ3n) is 2.64. The molecular weight excluding hydrogens is 230 g/mol. The van der Waals surface area contributed by atoms with Crippen LogP contribution in [0.25, 0.3) is 0 Å². The zero-order valence-corrected chi connectivity index (χ0v) is 11.6. The average Bonchev–Trinajstić information content (AvgIpc) is 2.22. The van der Waals surface area contributed by atoms with Crippen molar-refractivity contribution in [1.29, 1.82) is 0 Å². The molecule has 1 aromatic carbocycles. The predicted molar refractivity (Wildman–Crippen MR) is 71.0 cm³/mol. The smallest absolute Gasteiger partial charge is 0.415 e. The number of phenols is 1. The Morgan fingerprint density at radius 1 is 1.22 bits per heavy atom. The summed E-state index contributed by atoms with van der Waals surface area (Å²) in [5.41, 5.74) is 0.927. The molecule has 0 bridgehead atoms. The molecule has 0 spiro atoms. The first-order valence-corrected chi connectivity index (χ1v) is 6.12. The molecule has 0 saturated carbocycles. The molecular formula is C14H21NO3. The highest BCUT2D eigenvalue weighted by atomic mass is 16.6. The molecule has 0 aromatic heterocycles. The third-order valence-corrected chi connectivity index (χ3v) is 2.64. The fourth-order valence-corrected chi connectivity index (χ4v) is 1.87. The highest BCUT2D eigenvalue weighted by molar-refractivity contribution is 5.72. The minimum absolute atomic E-state index is 0.0265. The Kier molecular flexibility index (Phi) is 4.59. The number of carbonyl (C=O) groups excluding carboxylic acids is 1. The van der Waals surface area contributed by atoms with Gasteiger partial charge >= 0.3 is 6.09 Å². The summed E-state index contributed by atoms with van der Waals surface area (Å²) in [5.74, 6) is 0.174. The van der Waals surface area contributed by atoms with E-state index in [0.29, 0.717) is 0 Å². The van der Waals surface area contributed by atoms with E-state index in [2.05, 4.69) is 0 Å². The number of nitrogens with zero attached hydrogens (tertiary/aromatic N) is 1. The first kappa shape index (κ1) is 14.4. The van der Waals surface area contributed by atoms with Gasteiger partial charge in [-0.05, 0) is 52.3 Å². The predicted octanol–water partition coefficient (Wildman–Crippen LogP) is 3.32. The minimum atomic E-state index is -0.444. The Hall–Kier alpha value is -1.71. The summed E-state index contributed by atoms with van der Waals surface area (Å²) >= 11 is 0. The zero-order chi connectivity index (χ0) is 13.9. The SMILES string of the molecule is Cc1ccc(O)c(OC(=O)N(C(C)C)C(C)C)c1. The number of hydrogen-bond donors (Lipinski definition) is 1. The van der Waals surface area contributed by atoms with E-state index in [1.807, 2.05) is 34.6 Å². The summed E-state index contributed by atoms with van der Waals surface area (Å²) in [7, 11) is 0. The fourth-order valence-electron chi connectivity index (χ4n) is 1.87. The fraction of sp³-hybridized carbons (Fsp3) is 0.500. The number of aryl methyl sites for hydroxylation is 1. The van der Waals surface area contributed by atoms with Gasteiger partial charge in [0.25, 0.3) is 0 Å². The molecule has 0 saturated heterocycles. The normalized spacial score (nSPS) is 10.8. The van der Waals surface area contributed by atoms with Crippen molar-refractivity contribution in [2.75, 3.05) is 0 Å². The van der Waals surface area contributed by atoms with Gasteiger partial charge < -0.3 is 14.7 Å². The summed E-state index contributed by atoms with van der Waals surface area (Å²) < 4.78 is 5.25. The molecule has 0 unspecified atom stereocenters. The van der Waals surface area contributed by atoms with Crippen molar-refractivity contribution >= 4 is 6.09 Å². The van der Waals surface area contributed by atoms with Crippen molar-refractivity contribution in [3.05, 3.63) is 23.8 Å². The maximum atomic E-state index is 12.1. The Bertz CT molecular complexity index is 419. The Morgan fingerprint density at radius 3 is 2.28 bits per heavy atom. The van der Waals surface area contributed by atoms with Crippen LogP contribution in [-0.2, 0) is 0 Å². The molecule has 0 aliphatic heterocycles. The third kappa shape index (κ3) is 3.39. The largest absolute Gasteiger partial charge is 0.504 e. The second-order valence-electron chi connectivity index (χ2n) is 4.93. The van der Waals surface area contributed by atoms with Crippen molar-refractivity contribution in [3.63, 3.8) is 0 Å². The number of phenolic OH excluding ortho intramolecular Hbond substituents is 1. The van der Waals surface area contributed by atoms with Crippen LogP contribution >= 0.6 is 0 Å². The topological polar surface area (TPSA) is 49.8 Å². The van der Waals surface area contributed by atoms with Crippen LogP contribution < -0.4 is 4.74 Å². The van der Waals surface area contributed by atoms with Gasteiger partial charge in [-0.15, -0.1) is 0 Å². The molecule has 1 N–H and O–H groups in total. The Morgan fingerprint density at radius 2 is 1.78 bits per heavy atom. The highest BCUT2D eigenvalue weighted by Gasteiger charge is 2.22. The van der Waals surface area contributed by atoms with Crippen LogP contribution in [0.1, 0.15) is 33.3 Å². The van der Waals surface area contributed by atoms with E-state index in [0.717, 1.165) is 5.56 Å². The van der Waals surface area contributed by atoms with Gasteiger partial charge in [-0.3, -0.25) is 0 Å². The molecule has 0 atom stereocenters. The monoisotopic (exact) mass is 251 g/mol. The van der Waals surface area contributed by atoms with E-state index < -0.39 is 6.09 Å². The summed E-state index contributed by atoms with van der Waals surface area (Å²) in [4.78, 5) is 13.7. The van der Waals surface area contributed by atoms with Crippen LogP contribution in [0, 0.1) is 6.92 Å². The first-order valence-electron chi connectivity index (χ1n) is 6.12. The van der Waals surface area contributed by atoms with Crippen LogP contribution in [-0.4, -0.2) is 28.2 Å². The van der Waals surface area contributed by atoms with E-state index in [-0.39, 0.29) is 23.6 Å². The van der Waals surface area contributed by atoms with Gasteiger partial charge in [0.15, 0.2) is 11.5 Å². The summed E-state index contributed by atoms with van der Waals surface area (Å²) in [6, 6.07) is 5.02. The number of rotatable bonds is 3. The highest BCUT2D eigenvalue weighted by Crippen LogP contribution is 2.27. The molecule has 1 aromatic rings. The van der Waals surface area contributed by atoms with Gasteiger partial charge in [0.1, 0.15) is 0 Å². The summed E-state index contributed by atoms with van der Waals surface area (Å²) in [6.07, 6.45) is -0.444. The number of benzene rings is 1. The zero-order valence-electron chi connectivity index (χ0n) is 11.6. The number of amides is 1. The van der Waals surface area contributed by atoms with Crippen LogP contribution in [0.4, 0.5) is 4.79 Å². The van der Waals surface area contributed by atoms with Crippen molar-refractivity contribution in [1.82, 2.24) is 4.90 Å². The van der Waals surface area contributed by atoms with Crippen molar-refractivity contribution in [2.45, 2.75) is 46.7 Å². The molecule has 0 fully saturated rings. The second kappa shape index (κ2) is 5.76. The lowest BCUT2D eigenvalue weighted by Crippen LogP contribution is -2.43. The van der Waals surface area contributed by atoms with Gasteiger partial charge in [0.05, 0.1) is 0 Å². The molecule has 1 amide bonds. The number of aromatic hydroxyl groups is 1. The van der Waals surface area contributed by atoms with E-state index in [1.165, 1.54) is 6.07 Å². The molecule has 0 aliphatic rings. The van der Waals surface area contributed by atoms with Crippen molar-refractivity contribution in [2.24, 2.45) is 0 Å². The van der Waals surface area contributed by atoms with E-state index >= 15 is 0 Å². The van der Waals surface area contributed by atoms with E-state index in [9.17, 15) is 9.90 Å². The lowest BCUT2D eigenvalue weighted by atomic mass is 10.2. The van der Waals surface area contributed by atoms with Crippen molar-refractivity contribution < 1.29 is 14.6 Å². The Labute approximate surface area is 108 Å². The lowest BCUT2D eigenvalue weighted by Gasteiger charge is -2.29. The number of ether oxygens (including phenoxy) is 1. The van der Waals surface area contributed by atoms with Crippen LogP contribution in [0.3, 0.4) is 0 Å². The number of hydrogen-bond acceptors (Lipinski definition) is 3. The lowest BCUT2D eigenvalue weighted by molar-refractivity contribution is 0.121. The van der Waals surface area contributed by atoms with Gasteiger partial charge in [-0.1, -0.05) is 6.07 Å². The average molecular weight is 251 g/mol. The molecule has 100 valence electrons. The van der Waals surface area contributed by atoms with E-state index in [1.54, 1.807) is 17.0 Å². The van der Waals surface area contributed by atoms with Crippen LogP contribution in [0.2, 0.25) is 0 Å². The summed E-state index contributed by atoms with van der Waals surface area (Å²) in [6.45, 7) is 9.59. The van der Waals surface area contributed by atoms with E-state index in [4.69, 9.17) is 4.74 Å². The molecule has 18 heavy (non-hydrogen) atoms. The maximum absolute atomic E-state index is 12.1. The van der Waals surface area contributed by atoms with Gasteiger partial charge in [-0.2, -0.15) is 0 Å². The molecule has 0 aliphatic carbocycles. The molecule has 1 rings (SSSR count). The Balaban J connectivity index is 2.89. The molecule has 4 heteroatoms. The second-order valence-corrected chi connectivity index (χ2v) is 4.93. The van der Waals surface area contributed by atoms with Gasteiger partial charge in [0, 0.05) is 12.1 Å². The molecule has 0 radical (unpaired) electrons. The maximum Gasteiger partial charge on any atom is 0.415 e.